The number of urea groups is 1. The van der Waals surface area contributed by atoms with Gasteiger partial charge in [0.05, 0.1) is 5.69 Å². The Balaban J connectivity index is 2.96. The summed E-state index contributed by atoms with van der Waals surface area (Å²) in [6.45, 7) is 4.63. The van der Waals surface area contributed by atoms with E-state index in [9.17, 15) is 14.0 Å². The smallest absolute Gasteiger partial charge is 0.328 e. The summed E-state index contributed by atoms with van der Waals surface area (Å²) in [7, 11) is 0. The fourth-order valence-electron chi connectivity index (χ4n) is 1.48. The second-order valence-electron chi connectivity index (χ2n) is 4.56. The van der Waals surface area contributed by atoms with Gasteiger partial charge in [-0.2, -0.15) is 0 Å². The quantitative estimate of drug-likeness (QED) is 0.879. The first-order valence-electron chi connectivity index (χ1n) is 5.87. The average molecular weight is 268 g/mol. The summed E-state index contributed by atoms with van der Waals surface area (Å²) in [5.41, 5.74) is -1.31. The lowest BCUT2D eigenvalue weighted by molar-refractivity contribution is -0.142. The van der Waals surface area contributed by atoms with E-state index in [2.05, 4.69) is 5.32 Å². The highest BCUT2D eigenvalue weighted by Gasteiger charge is 2.31. The molecular weight excluding hydrogens is 251 g/mol. The molecule has 0 unspecified atom stereocenters. The van der Waals surface area contributed by atoms with Crippen LogP contribution in [-0.2, 0) is 4.79 Å². The molecule has 0 aliphatic carbocycles. The lowest BCUT2D eigenvalue weighted by atomic mass is 10.1. The topological polar surface area (TPSA) is 69.6 Å². The molecule has 104 valence electrons. The van der Waals surface area contributed by atoms with Crippen LogP contribution in [0.3, 0.4) is 0 Å². The summed E-state index contributed by atoms with van der Waals surface area (Å²) in [4.78, 5) is 24.1. The van der Waals surface area contributed by atoms with Gasteiger partial charge in [-0.15, -0.1) is 0 Å². The zero-order chi connectivity index (χ0) is 14.6. The van der Waals surface area contributed by atoms with Crippen LogP contribution in [0, 0.1) is 5.82 Å². The highest BCUT2D eigenvalue weighted by molar-refractivity contribution is 5.95. The molecule has 5 nitrogen and oxygen atoms in total. The van der Waals surface area contributed by atoms with Crippen LogP contribution in [0.2, 0.25) is 0 Å². The van der Waals surface area contributed by atoms with Crippen LogP contribution in [0.5, 0.6) is 0 Å². The van der Waals surface area contributed by atoms with E-state index >= 15 is 0 Å². The molecule has 19 heavy (non-hydrogen) atoms. The number of para-hydroxylation sites is 1. The van der Waals surface area contributed by atoms with Gasteiger partial charge in [0.15, 0.2) is 0 Å². The Morgan fingerprint density at radius 3 is 2.42 bits per heavy atom. The van der Waals surface area contributed by atoms with E-state index in [1.165, 1.54) is 32.0 Å². The van der Waals surface area contributed by atoms with Crippen molar-refractivity contribution in [2.75, 3.05) is 11.4 Å². The Morgan fingerprint density at radius 2 is 1.95 bits per heavy atom. The molecule has 0 atom stereocenters. The lowest BCUT2D eigenvalue weighted by Gasteiger charge is -2.27. The third-order valence-electron chi connectivity index (χ3n) is 2.66. The molecule has 0 radical (unpaired) electrons. The van der Waals surface area contributed by atoms with E-state index < -0.39 is 23.4 Å². The van der Waals surface area contributed by atoms with E-state index in [4.69, 9.17) is 5.11 Å². The number of carboxylic acid groups (broad SMARTS) is 1. The molecular formula is C13H17FN2O3. The number of amides is 2. The number of carbonyl (C=O) groups is 2. The Morgan fingerprint density at radius 1 is 1.37 bits per heavy atom. The molecule has 1 aromatic rings. The van der Waals surface area contributed by atoms with Gasteiger partial charge in [0.1, 0.15) is 11.4 Å². The van der Waals surface area contributed by atoms with Crippen molar-refractivity contribution in [1.82, 2.24) is 5.32 Å². The third-order valence-corrected chi connectivity index (χ3v) is 2.66. The van der Waals surface area contributed by atoms with Crippen LogP contribution in [0.4, 0.5) is 14.9 Å². The average Bonchev–Trinajstić information content (AvgIpc) is 2.31. The molecule has 0 aromatic heterocycles. The lowest BCUT2D eigenvalue weighted by Crippen LogP contribution is -2.54. The molecule has 1 aromatic carbocycles. The summed E-state index contributed by atoms with van der Waals surface area (Å²) in [5, 5.41) is 11.3. The molecule has 2 amide bonds. The molecule has 0 bridgehead atoms. The van der Waals surface area contributed by atoms with E-state index in [0.717, 1.165) is 4.90 Å². The number of rotatable bonds is 4. The molecule has 0 saturated carbocycles. The standard InChI is InChI=1S/C13H17FN2O3/c1-4-16(10-8-6-5-7-9(10)14)12(19)15-13(2,3)11(17)18/h5-8H,4H2,1-3H3,(H,15,19)(H,17,18). The Labute approximate surface area is 111 Å². The van der Waals surface area contributed by atoms with Crippen LogP contribution in [-0.4, -0.2) is 29.2 Å². The molecule has 6 heteroatoms. The summed E-state index contributed by atoms with van der Waals surface area (Å²) >= 11 is 0. The first kappa shape index (κ1) is 14.9. The van der Waals surface area contributed by atoms with Crippen LogP contribution >= 0.6 is 0 Å². The van der Waals surface area contributed by atoms with E-state index in [-0.39, 0.29) is 12.2 Å². The van der Waals surface area contributed by atoms with Gasteiger partial charge in [-0.25, -0.2) is 14.0 Å². The number of halogens is 1. The van der Waals surface area contributed by atoms with E-state index in [1.807, 2.05) is 0 Å². The number of aliphatic carboxylic acids is 1. The Kier molecular flexibility index (Phi) is 4.47. The van der Waals surface area contributed by atoms with Crippen molar-refractivity contribution in [2.45, 2.75) is 26.3 Å². The van der Waals surface area contributed by atoms with Gasteiger partial charge < -0.3 is 10.4 Å². The maximum absolute atomic E-state index is 13.6. The van der Waals surface area contributed by atoms with Gasteiger partial charge in [-0.3, -0.25) is 4.90 Å². The van der Waals surface area contributed by atoms with Crippen molar-refractivity contribution in [2.24, 2.45) is 0 Å². The van der Waals surface area contributed by atoms with Crippen LogP contribution in [0.1, 0.15) is 20.8 Å². The van der Waals surface area contributed by atoms with Crippen LogP contribution < -0.4 is 10.2 Å². The largest absolute Gasteiger partial charge is 0.480 e. The molecule has 0 heterocycles. The van der Waals surface area contributed by atoms with Crippen molar-refractivity contribution in [1.29, 1.82) is 0 Å². The van der Waals surface area contributed by atoms with Crippen molar-refractivity contribution < 1.29 is 19.1 Å². The fraction of sp³-hybridized carbons (Fsp3) is 0.385. The molecule has 0 spiro atoms. The minimum atomic E-state index is -1.42. The van der Waals surface area contributed by atoms with Crippen LogP contribution in [0.15, 0.2) is 24.3 Å². The SMILES string of the molecule is CCN(C(=O)NC(C)(C)C(=O)O)c1ccccc1F. The molecule has 0 fully saturated rings. The van der Waals surface area contributed by atoms with Crippen molar-refractivity contribution >= 4 is 17.7 Å². The zero-order valence-corrected chi connectivity index (χ0v) is 11.1. The van der Waals surface area contributed by atoms with Crippen molar-refractivity contribution in [3.8, 4) is 0 Å². The minimum absolute atomic E-state index is 0.115. The highest BCUT2D eigenvalue weighted by atomic mass is 19.1. The van der Waals surface area contributed by atoms with Crippen molar-refractivity contribution in [3.63, 3.8) is 0 Å². The van der Waals surface area contributed by atoms with Crippen molar-refractivity contribution in [3.05, 3.63) is 30.1 Å². The van der Waals surface area contributed by atoms with Gasteiger partial charge in [0.25, 0.3) is 0 Å². The third kappa shape index (κ3) is 3.43. The predicted octanol–water partition coefficient (Wildman–Crippen LogP) is 2.22. The highest BCUT2D eigenvalue weighted by Crippen LogP contribution is 2.19. The number of carboxylic acids is 1. The first-order valence-corrected chi connectivity index (χ1v) is 5.87. The molecule has 0 saturated heterocycles. The predicted molar refractivity (Wildman–Crippen MR) is 69.7 cm³/mol. The minimum Gasteiger partial charge on any atom is -0.480 e. The number of hydrogen-bond acceptors (Lipinski definition) is 2. The molecule has 0 aliphatic heterocycles. The number of hydrogen-bond donors (Lipinski definition) is 2. The second-order valence-corrected chi connectivity index (χ2v) is 4.56. The van der Waals surface area contributed by atoms with Crippen LogP contribution in [0.25, 0.3) is 0 Å². The van der Waals surface area contributed by atoms with E-state index in [1.54, 1.807) is 13.0 Å². The van der Waals surface area contributed by atoms with Gasteiger partial charge in [0.2, 0.25) is 0 Å². The monoisotopic (exact) mass is 268 g/mol. The number of anilines is 1. The van der Waals surface area contributed by atoms with Gasteiger partial charge in [-0.05, 0) is 32.9 Å². The van der Waals surface area contributed by atoms with E-state index in [0.29, 0.717) is 0 Å². The fourth-order valence-corrected chi connectivity index (χ4v) is 1.48. The first-order chi connectivity index (χ1) is 8.79. The zero-order valence-electron chi connectivity index (χ0n) is 11.1. The maximum Gasteiger partial charge on any atom is 0.328 e. The Hall–Kier alpha value is -2.11. The summed E-state index contributed by atoms with van der Waals surface area (Å²) < 4.78 is 13.6. The second kappa shape index (κ2) is 5.69. The normalized spacial score (nSPS) is 10.9. The van der Waals surface area contributed by atoms with Gasteiger partial charge >= 0.3 is 12.0 Å². The Bertz CT molecular complexity index is 489. The molecule has 2 N–H and O–H groups in total. The van der Waals surface area contributed by atoms with Gasteiger partial charge in [0, 0.05) is 6.54 Å². The number of benzene rings is 1. The summed E-state index contributed by atoms with van der Waals surface area (Å²) in [6, 6.07) is 5.18. The number of carbonyl (C=O) groups excluding carboxylic acids is 1. The van der Waals surface area contributed by atoms with Gasteiger partial charge in [-0.1, -0.05) is 12.1 Å². The maximum atomic E-state index is 13.6. The summed E-state index contributed by atoms with van der Waals surface area (Å²) in [6.07, 6.45) is 0. The molecule has 0 aliphatic rings. The summed E-state index contributed by atoms with van der Waals surface area (Å²) in [5.74, 6) is -1.70. The number of nitrogens with one attached hydrogen (secondary N) is 1. The molecule has 1 rings (SSSR count). The number of nitrogens with zero attached hydrogens (tertiary/aromatic N) is 1.